The Bertz CT molecular complexity index is 559. The molecule has 2 aromatic heterocycles. The van der Waals surface area contributed by atoms with E-state index < -0.39 is 0 Å². The summed E-state index contributed by atoms with van der Waals surface area (Å²) in [4.78, 5) is 13.2. The normalized spacial score (nSPS) is 11.1. The molecule has 0 saturated carbocycles. The van der Waals surface area contributed by atoms with Crippen LogP contribution in [0.4, 0.5) is 5.82 Å². The maximum Gasteiger partial charge on any atom is 0.130 e. The zero-order valence-corrected chi connectivity index (χ0v) is 12.7. The maximum absolute atomic E-state index is 4.41. The number of nitrogens with zero attached hydrogens (tertiary/aromatic N) is 4. The number of hydrogen-bond donors (Lipinski definition) is 1. The molecule has 0 aromatic carbocycles. The van der Waals surface area contributed by atoms with E-state index in [9.17, 15) is 0 Å². The van der Waals surface area contributed by atoms with Gasteiger partial charge in [0.15, 0.2) is 0 Å². The van der Waals surface area contributed by atoms with Gasteiger partial charge in [0.25, 0.3) is 0 Å². The lowest BCUT2D eigenvalue weighted by Gasteiger charge is -2.12. The van der Waals surface area contributed by atoms with E-state index in [2.05, 4.69) is 45.6 Å². The highest BCUT2D eigenvalue weighted by molar-refractivity contribution is 5.36. The first-order chi connectivity index (χ1) is 9.58. The van der Waals surface area contributed by atoms with Gasteiger partial charge in [0.05, 0.1) is 6.54 Å². The van der Waals surface area contributed by atoms with E-state index in [0.29, 0.717) is 12.5 Å². The molecule has 2 rings (SSSR count). The Hall–Kier alpha value is -1.91. The van der Waals surface area contributed by atoms with Crippen LogP contribution >= 0.6 is 0 Å². The van der Waals surface area contributed by atoms with Crippen molar-refractivity contribution in [3.63, 3.8) is 0 Å². The Morgan fingerprint density at radius 2 is 2.10 bits per heavy atom. The molecule has 0 atom stereocenters. The van der Waals surface area contributed by atoms with E-state index in [1.165, 1.54) is 0 Å². The summed E-state index contributed by atoms with van der Waals surface area (Å²) in [5.41, 5.74) is 1.06. The van der Waals surface area contributed by atoms with Gasteiger partial charge >= 0.3 is 0 Å². The van der Waals surface area contributed by atoms with Gasteiger partial charge < -0.3 is 9.88 Å². The SMILES string of the molecule is CCc1cc(NCc2nccn2CC(C)C)nc(C)n1. The lowest BCUT2D eigenvalue weighted by atomic mass is 10.2. The fraction of sp³-hybridized carbons (Fsp3) is 0.533. The summed E-state index contributed by atoms with van der Waals surface area (Å²) in [6.07, 6.45) is 4.79. The first-order valence-corrected chi connectivity index (χ1v) is 7.17. The zero-order valence-electron chi connectivity index (χ0n) is 12.7. The molecule has 0 radical (unpaired) electrons. The number of imidazole rings is 1. The first kappa shape index (κ1) is 14.5. The lowest BCUT2D eigenvalue weighted by Crippen LogP contribution is -2.12. The average Bonchev–Trinajstić information content (AvgIpc) is 2.82. The molecule has 0 spiro atoms. The predicted octanol–water partition coefficient (Wildman–Crippen LogP) is 2.81. The molecule has 2 heterocycles. The van der Waals surface area contributed by atoms with Crippen LogP contribution in [-0.2, 0) is 19.5 Å². The summed E-state index contributed by atoms with van der Waals surface area (Å²) >= 11 is 0. The lowest BCUT2D eigenvalue weighted by molar-refractivity contribution is 0.509. The monoisotopic (exact) mass is 273 g/mol. The van der Waals surface area contributed by atoms with Gasteiger partial charge in [-0.15, -0.1) is 0 Å². The summed E-state index contributed by atoms with van der Waals surface area (Å²) in [5.74, 6) is 3.31. The van der Waals surface area contributed by atoms with Gasteiger partial charge in [-0.2, -0.15) is 0 Å². The van der Waals surface area contributed by atoms with Crippen molar-refractivity contribution in [2.24, 2.45) is 5.92 Å². The van der Waals surface area contributed by atoms with Gasteiger partial charge in [0.1, 0.15) is 17.5 Å². The van der Waals surface area contributed by atoms with Gasteiger partial charge in [0.2, 0.25) is 0 Å². The smallest absolute Gasteiger partial charge is 0.130 e. The number of anilines is 1. The third-order valence-corrected chi connectivity index (χ3v) is 3.04. The summed E-state index contributed by atoms with van der Waals surface area (Å²) in [6, 6.07) is 2.00. The third-order valence-electron chi connectivity index (χ3n) is 3.04. The molecule has 0 unspecified atom stereocenters. The van der Waals surface area contributed by atoms with Crippen molar-refractivity contribution in [3.8, 4) is 0 Å². The molecule has 108 valence electrons. The minimum absolute atomic E-state index is 0.607. The molecule has 0 aliphatic rings. The fourth-order valence-electron chi connectivity index (χ4n) is 2.14. The van der Waals surface area contributed by atoms with Crippen LogP contribution in [0.25, 0.3) is 0 Å². The summed E-state index contributed by atoms with van der Waals surface area (Å²) in [5, 5.41) is 3.34. The van der Waals surface area contributed by atoms with Crippen LogP contribution in [0.2, 0.25) is 0 Å². The number of aromatic nitrogens is 4. The van der Waals surface area contributed by atoms with Crippen LogP contribution < -0.4 is 5.32 Å². The van der Waals surface area contributed by atoms with E-state index in [-0.39, 0.29) is 0 Å². The van der Waals surface area contributed by atoms with Crippen LogP contribution in [0.1, 0.15) is 38.1 Å². The van der Waals surface area contributed by atoms with E-state index in [0.717, 1.165) is 36.1 Å². The van der Waals surface area contributed by atoms with Gasteiger partial charge in [-0.05, 0) is 19.3 Å². The van der Waals surface area contributed by atoms with Crippen molar-refractivity contribution in [1.82, 2.24) is 19.5 Å². The molecule has 0 amide bonds. The molecule has 0 saturated heterocycles. The van der Waals surface area contributed by atoms with Crippen LogP contribution in [0.15, 0.2) is 18.5 Å². The molecule has 20 heavy (non-hydrogen) atoms. The number of nitrogens with one attached hydrogen (secondary N) is 1. The highest BCUT2D eigenvalue weighted by atomic mass is 15.1. The van der Waals surface area contributed by atoms with Crippen molar-refractivity contribution < 1.29 is 0 Å². The molecular weight excluding hydrogens is 250 g/mol. The molecule has 0 bridgehead atoms. The van der Waals surface area contributed by atoms with E-state index in [4.69, 9.17) is 0 Å². The highest BCUT2D eigenvalue weighted by Gasteiger charge is 2.06. The standard InChI is InChI=1S/C15H23N5/c1-5-13-8-14(19-12(4)18-13)17-9-15-16-6-7-20(15)10-11(2)3/h6-8,11H,5,9-10H2,1-4H3,(H,17,18,19). The Morgan fingerprint density at radius 1 is 1.30 bits per heavy atom. The molecular formula is C15H23N5. The summed E-state index contributed by atoms with van der Waals surface area (Å²) in [7, 11) is 0. The van der Waals surface area contributed by atoms with Gasteiger partial charge in [-0.25, -0.2) is 15.0 Å². The maximum atomic E-state index is 4.41. The quantitative estimate of drug-likeness (QED) is 0.879. The minimum Gasteiger partial charge on any atom is -0.363 e. The van der Waals surface area contributed by atoms with E-state index >= 15 is 0 Å². The predicted molar refractivity (Wildman–Crippen MR) is 80.5 cm³/mol. The zero-order chi connectivity index (χ0) is 14.5. The second-order valence-electron chi connectivity index (χ2n) is 5.39. The molecule has 0 aliphatic heterocycles. The topological polar surface area (TPSA) is 55.6 Å². The Labute approximate surface area is 120 Å². The summed E-state index contributed by atoms with van der Waals surface area (Å²) in [6.45, 7) is 10.1. The molecule has 1 N–H and O–H groups in total. The van der Waals surface area contributed by atoms with Crippen LogP contribution in [0.5, 0.6) is 0 Å². The molecule has 0 fully saturated rings. The fourth-order valence-corrected chi connectivity index (χ4v) is 2.14. The Kier molecular flexibility index (Phi) is 4.71. The Balaban J connectivity index is 2.05. The largest absolute Gasteiger partial charge is 0.363 e. The third kappa shape index (κ3) is 3.79. The van der Waals surface area contributed by atoms with Gasteiger partial charge in [-0.3, -0.25) is 0 Å². The second-order valence-corrected chi connectivity index (χ2v) is 5.39. The average molecular weight is 273 g/mol. The summed E-state index contributed by atoms with van der Waals surface area (Å²) < 4.78 is 2.19. The molecule has 2 aromatic rings. The highest BCUT2D eigenvalue weighted by Crippen LogP contribution is 2.10. The number of hydrogen-bond acceptors (Lipinski definition) is 4. The number of aryl methyl sites for hydroxylation is 2. The van der Waals surface area contributed by atoms with Crippen LogP contribution in [0, 0.1) is 12.8 Å². The van der Waals surface area contributed by atoms with Crippen LogP contribution in [-0.4, -0.2) is 19.5 Å². The van der Waals surface area contributed by atoms with Crippen molar-refractivity contribution in [2.75, 3.05) is 5.32 Å². The molecule has 5 nitrogen and oxygen atoms in total. The van der Waals surface area contributed by atoms with Gasteiger partial charge in [-0.1, -0.05) is 20.8 Å². The molecule has 0 aliphatic carbocycles. The van der Waals surface area contributed by atoms with E-state index in [1.807, 2.05) is 25.4 Å². The van der Waals surface area contributed by atoms with Crippen molar-refractivity contribution in [3.05, 3.63) is 35.8 Å². The van der Waals surface area contributed by atoms with Crippen molar-refractivity contribution >= 4 is 5.82 Å². The van der Waals surface area contributed by atoms with E-state index in [1.54, 1.807) is 0 Å². The molecule has 5 heteroatoms. The van der Waals surface area contributed by atoms with Crippen LogP contribution in [0.3, 0.4) is 0 Å². The van der Waals surface area contributed by atoms with Gasteiger partial charge in [0, 0.05) is 30.7 Å². The Morgan fingerprint density at radius 3 is 2.80 bits per heavy atom. The van der Waals surface area contributed by atoms with Crippen molar-refractivity contribution in [2.45, 2.75) is 47.2 Å². The second kappa shape index (κ2) is 6.50. The first-order valence-electron chi connectivity index (χ1n) is 7.17. The van der Waals surface area contributed by atoms with Crippen molar-refractivity contribution in [1.29, 1.82) is 0 Å². The minimum atomic E-state index is 0.607. The number of rotatable bonds is 6.